The lowest BCUT2D eigenvalue weighted by atomic mass is 10.1. The molecule has 1 amide bonds. The molecule has 0 atom stereocenters. The Labute approximate surface area is 94.9 Å². The lowest BCUT2D eigenvalue weighted by Gasteiger charge is -2.07. The molecule has 0 bridgehead atoms. The summed E-state index contributed by atoms with van der Waals surface area (Å²) in [5.41, 5.74) is 0.598. The van der Waals surface area contributed by atoms with Gasteiger partial charge >= 0.3 is 6.09 Å². The molecule has 0 saturated carbocycles. The highest BCUT2D eigenvalue weighted by Crippen LogP contribution is 2.29. The second kappa shape index (κ2) is 3.90. The molecule has 2 aromatic carbocycles. The number of benzene rings is 2. The number of halogens is 1. The van der Waals surface area contributed by atoms with E-state index in [1.165, 1.54) is 0 Å². The first-order valence-corrected chi connectivity index (χ1v) is 5.15. The van der Waals surface area contributed by atoms with Crippen LogP contribution in [-0.2, 0) is 0 Å². The molecule has 0 radical (unpaired) electrons. The predicted molar refractivity (Wildman–Crippen MR) is 63.3 cm³/mol. The second-order valence-electron chi connectivity index (χ2n) is 3.07. The SMILES string of the molecule is O=C(O)Nc1ccc(Br)c2ccccc12. The molecule has 2 N–H and O–H groups in total. The lowest BCUT2D eigenvalue weighted by Crippen LogP contribution is -2.07. The zero-order chi connectivity index (χ0) is 10.8. The van der Waals surface area contributed by atoms with Gasteiger partial charge in [0.1, 0.15) is 0 Å². The van der Waals surface area contributed by atoms with E-state index >= 15 is 0 Å². The van der Waals surface area contributed by atoms with E-state index in [9.17, 15) is 4.79 Å². The normalized spacial score (nSPS) is 10.2. The molecule has 3 nitrogen and oxygen atoms in total. The van der Waals surface area contributed by atoms with Gasteiger partial charge in [0.2, 0.25) is 0 Å². The molecule has 0 saturated heterocycles. The average Bonchev–Trinajstić information content (AvgIpc) is 2.22. The van der Waals surface area contributed by atoms with Gasteiger partial charge in [0, 0.05) is 9.86 Å². The summed E-state index contributed by atoms with van der Waals surface area (Å²) in [6.45, 7) is 0. The third kappa shape index (κ3) is 1.94. The predicted octanol–water partition coefficient (Wildman–Crippen LogP) is 3.69. The van der Waals surface area contributed by atoms with Crippen molar-refractivity contribution in [1.29, 1.82) is 0 Å². The second-order valence-corrected chi connectivity index (χ2v) is 3.93. The summed E-state index contributed by atoms with van der Waals surface area (Å²) in [7, 11) is 0. The Kier molecular flexibility index (Phi) is 2.60. The minimum absolute atomic E-state index is 0.598. The Hall–Kier alpha value is -1.55. The average molecular weight is 266 g/mol. The van der Waals surface area contributed by atoms with Crippen LogP contribution in [0.15, 0.2) is 40.9 Å². The van der Waals surface area contributed by atoms with Crippen LogP contribution in [0.25, 0.3) is 10.8 Å². The summed E-state index contributed by atoms with van der Waals surface area (Å²) in [6, 6.07) is 11.2. The van der Waals surface area contributed by atoms with Gasteiger partial charge < -0.3 is 5.11 Å². The van der Waals surface area contributed by atoms with Crippen LogP contribution in [0.5, 0.6) is 0 Å². The monoisotopic (exact) mass is 265 g/mol. The number of rotatable bonds is 1. The Morgan fingerprint density at radius 3 is 2.47 bits per heavy atom. The summed E-state index contributed by atoms with van der Waals surface area (Å²) in [5.74, 6) is 0. The van der Waals surface area contributed by atoms with Crippen molar-refractivity contribution in [3.8, 4) is 0 Å². The van der Waals surface area contributed by atoms with Gasteiger partial charge in [0.15, 0.2) is 0 Å². The Balaban J connectivity index is 2.66. The number of hydrogen-bond acceptors (Lipinski definition) is 1. The maximum Gasteiger partial charge on any atom is 0.409 e. The third-order valence-corrected chi connectivity index (χ3v) is 2.80. The number of amides is 1. The molecular formula is C11H8BrNO2. The molecule has 2 aromatic rings. The van der Waals surface area contributed by atoms with Crippen molar-refractivity contribution in [2.24, 2.45) is 0 Å². The molecule has 0 heterocycles. The number of nitrogens with one attached hydrogen (secondary N) is 1. The Morgan fingerprint density at radius 2 is 1.80 bits per heavy atom. The highest BCUT2D eigenvalue weighted by Gasteiger charge is 2.05. The fourth-order valence-corrected chi connectivity index (χ4v) is 1.96. The van der Waals surface area contributed by atoms with Crippen molar-refractivity contribution in [2.45, 2.75) is 0 Å². The molecule has 0 aliphatic heterocycles. The van der Waals surface area contributed by atoms with Gasteiger partial charge in [-0.1, -0.05) is 40.2 Å². The Morgan fingerprint density at radius 1 is 1.13 bits per heavy atom. The van der Waals surface area contributed by atoms with Crippen LogP contribution in [0.3, 0.4) is 0 Å². The fourth-order valence-electron chi connectivity index (χ4n) is 1.49. The zero-order valence-electron chi connectivity index (χ0n) is 7.70. The van der Waals surface area contributed by atoms with Crippen LogP contribution in [-0.4, -0.2) is 11.2 Å². The molecule has 15 heavy (non-hydrogen) atoms. The van der Waals surface area contributed by atoms with E-state index in [0.717, 1.165) is 15.2 Å². The molecule has 4 heteroatoms. The topological polar surface area (TPSA) is 49.3 Å². The number of carbonyl (C=O) groups is 1. The van der Waals surface area contributed by atoms with E-state index in [4.69, 9.17) is 5.11 Å². The number of hydrogen-bond donors (Lipinski definition) is 2. The van der Waals surface area contributed by atoms with Gasteiger partial charge in [-0.2, -0.15) is 0 Å². The first-order valence-electron chi connectivity index (χ1n) is 4.35. The number of anilines is 1. The third-order valence-electron chi connectivity index (χ3n) is 2.11. The number of fused-ring (bicyclic) bond motifs is 1. The van der Waals surface area contributed by atoms with Gasteiger partial charge in [-0.15, -0.1) is 0 Å². The zero-order valence-corrected chi connectivity index (χ0v) is 9.28. The van der Waals surface area contributed by atoms with E-state index in [0.29, 0.717) is 5.69 Å². The highest BCUT2D eigenvalue weighted by molar-refractivity contribution is 9.10. The first-order chi connectivity index (χ1) is 7.18. The minimum atomic E-state index is -1.05. The standard InChI is InChI=1S/C11H8BrNO2/c12-9-5-6-10(13-11(14)15)8-4-2-1-3-7(8)9/h1-6,13H,(H,14,15). The van der Waals surface area contributed by atoms with E-state index in [2.05, 4.69) is 21.2 Å². The van der Waals surface area contributed by atoms with Crippen molar-refractivity contribution < 1.29 is 9.90 Å². The van der Waals surface area contributed by atoms with Crippen LogP contribution in [0.2, 0.25) is 0 Å². The summed E-state index contributed by atoms with van der Waals surface area (Å²) < 4.78 is 0.953. The molecule has 0 aliphatic carbocycles. The van der Waals surface area contributed by atoms with Gasteiger partial charge in [0.25, 0.3) is 0 Å². The first kappa shape index (κ1) is 9.98. The quantitative estimate of drug-likeness (QED) is 0.826. The van der Waals surface area contributed by atoms with Crippen LogP contribution in [0.4, 0.5) is 10.5 Å². The van der Waals surface area contributed by atoms with E-state index in [1.54, 1.807) is 6.07 Å². The smallest absolute Gasteiger partial charge is 0.409 e. The molecule has 0 aliphatic rings. The van der Waals surface area contributed by atoms with Crippen molar-refractivity contribution >= 4 is 38.5 Å². The summed E-state index contributed by atoms with van der Waals surface area (Å²) >= 11 is 3.42. The van der Waals surface area contributed by atoms with Gasteiger partial charge in [0.05, 0.1) is 5.69 Å². The fraction of sp³-hybridized carbons (Fsp3) is 0. The summed E-state index contributed by atoms with van der Waals surface area (Å²) in [4.78, 5) is 10.6. The Bertz CT molecular complexity index is 525. The van der Waals surface area contributed by atoms with E-state index < -0.39 is 6.09 Å². The molecule has 0 spiro atoms. The van der Waals surface area contributed by atoms with Crippen molar-refractivity contribution in [1.82, 2.24) is 0 Å². The van der Waals surface area contributed by atoms with Crippen LogP contribution >= 0.6 is 15.9 Å². The van der Waals surface area contributed by atoms with Gasteiger partial charge in [-0.25, -0.2) is 4.79 Å². The molecule has 0 fully saturated rings. The lowest BCUT2D eigenvalue weighted by molar-refractivity contribution is 0.210. The summed E-state index contributed by atoms with van der Waals surface area (Å²) in [5, 5.41) is 12.9. The maximum absolute atomic E-state index is 10.6. The van der Waals surface area contributed by atoms with E-state index in [-0.39, 0.29) is 0 Å². The van der Waals surface area contributed by atoms with Crippen LogP contribution in [0.1, 0.15) is 0 Å². The molecular weight excluding hydrogens is 258 g/mol. The minimum Gasteiger partial charge on any atom is -0.465 e. The molecule has 0 aromatic heterocycles. The van der Waals surface area contributed by atoms with Crippen molar-refractivity contribution in [3.63, 3.8) is 0 Å². The van der Waals surface area contributed by atoms with Crippen molar-refractivity contribution in [3.05, 3.63) is 40.9 Å². The molecule has 0 unspecified atom stereocenters. The maximum atomic E-state index is 10.6. The van der Waals surface area contributed by atoms with Gasteiger partial charge in [-0.3, -0.25) is 5.32 Å². The summed E-state index contributed by atoms with van der Waals surface area (Å²) in [6.07, 6.45) is -1.05. The van der Waals surface area contributed by atoms with Crippen LogP contribution in [0, 0.1) is 0 Å². The molecule has 76 valence electrons. The molecule has 2 rings (SSSR count). The largest absolute Gasteiger partial charge is 0.465 e. The van der Waals surface area contributed by atoms with Crippen LogP contribution < -0.4 is 5.32 Å². The highest BCUT2D eigenvalue weighted by atomic mass is 79.9. The van der Waals surface area contributed by atoms with Crippen molar-refractivity contribution in [2.75, 3.05) is 5.32 Å². The van der Waals surface area contributed by atoms with Gasteiger partial charge in [-0.05, 0) is 17.5 Å². The van der Waals surface area contributed by atoms with E-state index in [1.807, 2.05) is 30.3 Å². The number of carboxylic acid groups (broad SMARTS) is 1.